The highest BCUT2D eigenvalue weighted by Crippen LogP contribution is 2.26. The SMILES string of the molecule is CCC(C)NS(=O)(=O)c1ccc(C(=O)N2CCCC(c3ccn[nH]3)C2)cc1. The van der Waals surface area contributed by atoms with Crippen LogP contribution in [0.5, 0.6) is 0 Å². The average molecular weight is 391 g/mol. The fourth-order valence-corrected chi connectivity index (χ4v) is 4.61. The quantitative estimate of drug-likeness (QED) is 0.792. The van der Waals surface area contributed by atoms with Gasteiger partial charge < -0.3 is 4.90 Å². The van der Waals surface area contributed by atoms with Gasteiger partial charge in [-0.25, -0.2) is 13.1 Å². The van der Waals surface area contributed by atoms with Crippen LogP contribution in [0.2, 0.25) is 0 Å². The summed E-state index contributed by atoms with van der Waals surface area (Å²) >= 11 is 0. The van der Waals surface area contributed by atoms with Gasteiger partial charge in [0.25, 0.3) is 5.91 Å². The van der Waals surface area contributed by atoms with E-state index in [0.29, 0.717) is 25.1 Å². The number of benzene rings is 1. The van der Waals surface area contributed by atoms with E-state index in [2.05, 4.69) is 14.9 Å². The van der Waals surface area contributed by atoms with E-state index in [1.54, 1.807) is 18.3 Å². The molecule has 2 aromatic rings. The molecule has 7 nitrogen and oxygen atoms in total. The predicted octanol–water partition coefficient (Wildman–Crippen LogP) is 2.51. The molecule has 3 rings (SSSR count). The zero-order valence-corrected chi connectivity index (χ0v) is 16.5. The number of hydrogen-bond acceptors (Lipinski definition) is 4. The third-order valence-corrected chi connectivity index (χ3v) is 6.66. The van der Waals surface area contributed by atoms with Crippen molar-refractivity contribution >= 4 is 15.9 Å². The minimum Gasteiger partial charge on any atom is -0.338 e. The van der Waals surface area contributed by atoms with Crippen LogP contribution in [0.3, 0.4) is 0 Å². The molecule has 0 bridgehead atoms. The standard InChI is InChI=1S/C19H26N4O3S/c1-3-14(2)22-27(25,26)17-8-6-15(7-9-17)19(24)23-12-4-5-16(13-23)18-10-11-20-21-18/h6-11,14,16,22H,3-5,12-13H2,1-2H3,(H,20,21). The minimum absolute atomic E-state index is 0.0713. The summed E-state index contributed by atoms with van der Waals surface area (Å²) < 4.78 is 27.3. The van der Waals surface area contributed by atoms with Crippen LogP contribution in [-0.4, -0.2) is 48.6 Å². The lowest BCUT2D eigenvalue weighted by molar-refractivity contribution is 0.0705. The summed E-state index contributed by atoms with van der Waals surface area (Å²) in [6.45, 7) is 5.09. The van der Waals surface area contributed by atoms with E-state index in [9.17, 15) is 13.2 Å². The summed E-state index contributed by atoms with van der Waals surface area (Å²) in [7, 11) is -3.56. The molecule has 0 aliphatic carbocycles. The number of aromatic amines is 1. The highest BCUT2D eigenvalue weighted by atomic mass is 32.2. The van der Waals surface area contributed by atoms with Crippen LogP contribution in [0.4, 0.5) is 0 Å². The lowest BCUT2D eigenvalue weighted by Crippen LogP contribution is -2.39. The number of H-pyrrole nitrogens is 1. The molecular weight excluding hydrogens is 364 g/mol. The Hall–Kier alpha value is -2.19. The highest BCUT2D eigenvalue weighted by molar-refractivity contribution is 7.89. The second-order valence-corrected chi connectivity index (χ2v) is 8.77. The van der Waals surface area contributed by atoms with Crippen molar-refractivity contribution in [2.75, 3.05) is 13.1 Å². The Morgan fingerprint density at radius 1 is 1.33 bits per heavy atom. The molecule has 2 unspecified atom stereocenters. The number of nitrogens with one attached hydrogen (secondary N) is 2. The lowest BCUT2D eigenvalue weighted by atomic mass is 9.94. The molecule has 8 heteroatoms. The molecule has 2 N–H and O–H groups in total. The molecule has 1 fully saturated rings. The van der Waals surface area contributed by atoms with Gasteiger partial charge in [-0.15, -0.1) is 0 Å². The Morgan fingerprint density at radius 3 is 2.70 bits per heavy atom. The fourth-order valence-electron chi connectivity index (χ4n) is 3.28. The topological polar surface area (TPSA) is 95.2 Å². The summed E-state index contributed by atoms with van der Waals surface area (Å²) in [5, 5.41) is 6.98. The molecule has 0 radical (unpaired) electrons. The molecule has 2 atom stereocenters. The van der Waals surface area contributed by atoms with E-state index >= 15 is 0 Å². The van der Waals surface area contributed by atoms with E-state index < -0.39 is 10.0 Å². The van der Waals surface area contributed by atoms with E-state index in [1.165, 1.54) is 12.1 Å². The van der Waals surface area contributed by atoms with Gasteiger partial charge in [-0.05, 0) is 56.5 Å². The predicted molar refractivity (Wildman–Crippen MR) is 103 cm³/mol. The molecule has 1 aromatic carbocycles. The Labute approximate surface area is 160 Å². The first kappa shape index (κ1) is 19.6. The normalized spacial score (nSPS) is 19.0. The van der Waals surface area contributed by atoms with Gasteiger partial charge in [-0.3, -0.25) is 9.89 Å². The smallest absolute Gasteiger partial charge is 0.253 e. The van der Waals surface area contributed by atoms with Gasteiger partial charge in [0, 0.05) is 42.5 Å². The van der Waals surface area contributed by atoms with Crippen molar-refractivity contribution in [2.24, 2.45) is 0 Å². The number of carbonyl (C=O) groups excluding carboxylic acids is 1. The summed E-state index contributed by atoms with van der Waals surface area (Å²) in [6.07, 6.45) is 4.39. The third-order valence-electron chi connectivity index (χ3n) is 5.05. The molecule has 146 valence electrons. The van der Waals surface area contributed by atoms with Crippen LogP contribution in [0.15, 0.2) is 41.4 Å². The zero-order valence-electron chi connectivity index (χ0n) is 15.7. The average Bonchev–Trinajstić information content (AvgIpc) is 3.22. The largest absolute Gasteiger partial charge is 0.338 e. The number of piperidine rings is 1. The van der Waals surface area contributed by atoms with Crippen molar-refractivity contribution in [3.05, 3.63) is 47.8 Å². The van der Waals surface area contributed by atoms with Crippen LogP contribution in [-0.2, 0) is 10.0 Å². The molecule has 27 heavy (non-hydrogen) atoms. The van der Waals surface area contributed by atoms with Crippen molar-refractivity contribution < 1.29 is 13.2 Å². The first-order chi connectivity index (χ1) is 12.9. The van der Waals surface area contributed by atoms with Gasteiger partial charge in [-0.2, -0.15) is 5.10 Å². The van der Waals surface area contributed by atoms with E-state index in [-0.39, 0.29) is 22.8 Å². The van der Waals surface area contributed by atoms with E-state index in [4.69, 9.17) is 0 Å². The van der Waals surface area contributed by atoms with Crippen LogP contribution in [0, 0.1) is 0 Å². The van der Waals surface area contributed by atoms with Crippen molar-refractivity contribution in [1.82, 2.24) is 19.8 Å². The Bertz CT molecular complexity index is 863. The van der Waals surface area contributed by atoms with E-state index in [1.807, 2.05) is 24.8 Å². The van der Waals surface area contributed by atoms with Crippen LogP contribution < -0.4 is 4.72 Å². The summed E-state index contributed by atoms with van der Waals surface area (Å²) in [5.74, 6) is 0.183. The zero-order chi connectivity index (χ0) is 19.4. The first-order valence-corrected chi connectivity index (χ1v) is 10.8. The van der Waals surface area contributed by atoms with Gasteiger partial charge in [0.05, 0.1) is 4.90 Å². The number of amides is 1. The number of carbonyl (C=O) groups is 1. The van der Waals surface area contributed by atoms with Gasteiger partial charge in [0.1, 0.15) is 0 Å². The second kappa shape index (κ2) is 8.22. The maximum absolute atomic E-state index is 12.8. The number of aromatic nitrogens is 2. The van der Waals surface area contributed by atoms with Gasteiger partial charge >= 0.3 is 0 Å². The summed E-state index contributed by atoms with van der Waals surface area (Å²) in [4.78, 5) is 14.8. The number of rotatable bonds is 6. The monoisotopic (exact) mass is 390 g/mol. The van der Waals surface area contributed by atoms with Crippen LogP contribution >= 0.6 is 0 Å². The number of likely N-dealkylation sites (tertiary alicyclic amines) is 1. The highest BCUT2D eigenvalue weighted by Gasteiger charge is 2.26. The molecule has 2 heterocycles. The summed E-state index contributed by atoms with van der Waals surface area (Å²) in [5.41, 5.74) is 1.55. The number of nitrogens with zero attached hydrogens (tertiary/aromatic N) is 2. The first-order valence-electron chi connectivity index (χ1n) is 9.31. The molecule has 1 amide bonds. The maximum Gasteiger partial charge on any atom is 0.253 e. The molecule has 1 aliphatic heterocycles. The molecule has 0 saturated carbocycles. The molecule has 1 aliphatic rings. The Balaban J connectivity index is 1.70. The Morgan fingerprint density at radius 2 is 2.07 bits per heavy atom. The number of hydrogen-bond donors (Lipinski definition) is 2. The minimum atomic E-state index is -3.56. The van der Waals surface area contributed by atoms with Gasteiger partial charge in [-0.1, -0.05) is 6.92 Å². The second-order valence-electron chi connectivity index (χ2n) is 7.06. The van der Waals surface area contributed by atoms with Crippen molar-refractivity contribution in [3.63, 3.8) is 0 Å². The van der Waals surface area contributed by atoms with Crippen LogP contribution in [0.25, 0.3) is 0 Å². The van der Waals surface area contributed by atoms with Gasteiger partial charge in [0.15, 0.2) is 0 Å². The van der Waals surface area contributed by atoms with E-state index in [0.717, 1.165) is 18.5 Å². The Kier molecular flexibility index (Phi) is 5.96. The lowest BCUT2D eigenvalue weighted by Gasteiger charge is -2.32. The number of sulfonamides is 1. The van der Waals surface area contributed by atoms with Crippen molar-refractivity contribution in [2.45, 2.75) is 50.0 Å². The molecule has 1 saturated heterocycles. The van der Waals surface area contributed by atoms with Crippen molar-refractivity contribution in [3.8, 4) is 0 Å². The maximum atomic E-state index is 12.8. The molecular formula is C19H26N4O3S. The third kappa shape index (κ3) is 4.56. The molecule has 1 aromatic heterocycles. The molecule has 0 spiro atoms. The summed E-state index contributed by atoms with van der Waals surface area (Å²) in [6, 6.07) is 7.98. The van der Waals surface area contributed by atoms with Gasteiger partial charge in [0.2, 0.25) is 10.0 Å². The van der Waals surface area contributed by atoms with Crippen LogP contribution in [0.1, 0.15) is 55.1 Å². The fraction of sp³-hybridized carbons (Fsp3) is 0.474. The van der Waals surface area contributed by atoms with Crippen molar-refractivity contribution in [1.29, 1.82) is 0 Å².